The topological polar surface area (TPSA) is 113 Å². The molecule has 3 N–H and O–H groups in total. The number of rotatable bonds is 3. The zero-order chi connectivity index (χ0) is 32.1. The van der Waals surface area contributed by atoms with Gasteiger partial charge in [-0.2, -0.15) is 5.10 Å². The molecule has 2 aliphatic heterocycles. The molecule has 1 amide bonds. The van der Waals surface area contributed by atoms with Gasteiger partial charge in [-0.3, -0.25) is 24.2 Å². The van der Waals surface area contributed by atoms with E-state index in [0.717, 1.165) is 6.42 Å². The SMILES string of the molecule is Cc1ccnc(C(C)C)c1-n1c(=O)c2c(c3cc(F)c(-c4c(C)ccc5[nH]nc(N)c45)c(F)c31)N1C[C@@H](C)CC[C@@H]1C(=O)N2C. The molecule has 0 saturated carbocycles. The van der Waals surface area contributed by atoms with E-state index in [1.165, 1.54) is 15.5 Å². The van der Waals surface area contributed by atoms with Gasteiger partial charge in [0.25, 0.3) is 5.56 Å². The average Bonchev–Trinajstić information content (AvgIpc) is 3.37. The van der Waals surface area contributed by atoms with E-state index in [-0.39, 0.29) is 51.3 Å². The zero-order valence-corrected chi connectivity index (χ0v) is 26.1. The number of carbonyl (C=O) groups is 1. The Morgan fingerprint density at radius 2 is 1.78 bits per heavy atom. The van der Waals surface area contributed by atoms with Gasteiger partial charge in [0.05, 0.1) is 39.1 Å². The number of amides is 1. The lowest BCUT2D eigenvalue weighted by molar-refractivity contribution is -0.120. The maximum Gasteiger partial charge on any atom is 0.281 e. The summed E-state index contributed by atoms with van der Waals surface area (Å²) in [6.45, 7) is 10.0. The maximum absolute atomic E-state index is 17.6. The molecule has 2 atom stereocenters. The first-order valence-electron chi connectivity index (χ1n) is 15.3. The molecular formula is C34H35F2N7O2. The van der Waals surface area contributed by atoms with Crippen molar-refractivity contribution >= 4 is 44.9 Å². The first-order chi connectivity index (χ1) is 21.4. The number of nitrogens with one attached hydrogen (secondary N) is 1. The molecule has 232 valence electrons. The lowest BCUT2D eigenvalue weighted by Gasteiger charge is -2.46. The molecule has 1 fully saturated rings. The van der Waals surface area contributed by atoms with Crippen molar-refractivity contribution < 1.29 is 13.6 Å². The Morgan fingerprint density at radius 1 is 1.02 bits per heavy atom. The number of benzene rings is 2. The molecule has 11 heteroatoms. The number of nitrogen functional groups attached to an aromatic ring is 1. The Hall–Kier alpha value is -4.80. The summed E-state index contributed by atoms with van der Waals surface area (Å²) in [6, 6.07) is 6.05. The number of piperidine rings is 1. The van der Waals surface area contributed by atoms with Crippen molar-refractivity contribution in [2.24, 2.45) is 5.92 Å². The van der Waals surface area contributed by atoms with E-state index in [4.69, 9.17) is 5.73 Å². The summed E-state index contributed by atoms with van der Waals surface area (Å²) >= 11 is 0. The summed E-state index contributed by atoms with van der Waals surface area (Å²) in [7, 11) is 1.57. The van der Waals surface area contributed by atoms with Crippen LogP contribution in [-0.2, 0) is 4.79 Å². The van der Waals surface area contributed by atoms with Crippen LogP contribution in [0.15, 0.2) is 35.3 Å². The fraction of sp³-hybridized carbons (Fsp3) is 0.353. The molecule has 1 saturated heterocycles. The highest BCUT2D eigenvalue weighted by atomic mass is 19.1. The molecule has 5 aromatic rings. The largest absolute Gasteiger partial charge is 0.382 e. The minimum absolute atomic E-state index is 0.0775. The smallest absolute Gasteiger partial charge is 0.281 e. The van der Waals surface area contributed by atoms with Gasteiger partial charge in [0.2, 0.25) is 5.91 Å². The number of carbonyl (C=O) groups excluding carboxylic acids is 1. The molecule has 0 unspecified atom stereocenters. The van der Waals surface area contributed by atoms with Gasteiger partial charge < -0.3 is 15.5 Å². The molecule has 2 aliphatic rings. The van der Waals surface area contributed by atoms with Crippen LogP contribution in [0.4, 0.5) is 26.0 Å². The summed E-state index contributed by atoms with van der Waals surface area (Å²) < 4.78 is 35.6. The lowest BCUT2D eigenvalue weighted by Crippen LogP contribution is -2.57. The number of aryl methyl sites for hydroxylation is 2. The maximum atomic E-state index is 17.6. The Morgan fingerprint density at radius 3 is 2.51 bits per heavy atom. The second kappa shape index (κ2) is 10.1. The monoisotopic (exact) mass is 611 g/mol. The number of pyridine rings is 2. The highest BCUT2D eigenvalue weighted by Crippen LogP contribution is 2.47. The molecule has 9 nitrogen and oxygen atoms in total. The summed E-state index contributed by atoms with van der Waals surface area (Å²) in [5, 5.41) is 7.54. The van der Waals surface area contributed by atoms with E-state index >= 15 is 8.78 Å². The van der Waals surface area contributed by atoms with Crippen molar-refractivity contribution in [2.75, 3.05) is 29.1 Å². The van der Waals surface area contributed by atoms with Crippen molar-refractivity contribution in [1.29, 1.82) is 0 Å². The van der Waals surface area contributed by atoms with E-state index in [2.05, 4.69) is 22.1 Å². The van der Waals surface area contributed by atoms with Gasteiger partial charge in [0, 0.05) is 30.7 Å². The predicted octanol–water partition coefficient (Wildman–Crippen LogP) is 6.11. The third kappa shape index (κ3) is 4.02. The van der Waals surface area contributed by atoms with Gasteiger partial charge in [-0.1, -0.05) is 26.8 Å². The van der Waals surface area contributed by atoms with Crippen LogP contribution < -0.4 is 21.1 Å². The number of hydrogen-bond acceptors (Lipinski definition) is 6. The number of likely N-dealkylation sites (N-methyl/N-ethyl adjacent to an activating group) is 1. The van der Waals surface area contributed by atoms with E-state index in [1.54, 1.807) is 38.4 Å². The third-order valence-electron chi connectivity index (χ3n) is 9.50. The van der Waals surface area contributed by atoms with Gasteiger partial charge in [-0.25, -0.2) is 8.78 Å². The van der Waals surface area contributed by atoms with Crippen LogP contribution in [0, 0.1) is 31.4 Å². The average molecular weight is 612 g/mol. The minimum atomic E-state index is -0.903. The van der Waals surface area contributed by atoms with Crippen molar-refractivity contribution in [3.63, 3.8) is 0 Å². The molecule has 7 rings (SSSR count). The van der Waals surface area contributed by atoms with Crippen molar-refractivity contribution in [3.8, 4) is 16.8 Å². The Balaban J connectivity index is 1.71. The fourth-order valence-corrected chi connectivity index (χ4v) is 7.32. The van der Waals surface area contributed by atoms with Crippen LogP contribution in [0.5, 0.6) is 0 Å². The van der Waals surface area contributed by atoms with Gasteiger partial charge in [-0.05, 0) is 67.9 Å². The lowest BCUT2D eigenvalue weighted by atomic mass is 9.89. The number of halogens is 2. The van der Waals surface area contributed by atoms with E-state index in [1.807, 2.05) is 25.7 Å². The zero-order valence-electron chi connectivity index (χ0n) is 26.1. The van der Waals surface area contributed by atoms with Gasteiger partial charge in [0.15, 0.2) is 11.6 Å². The van der Waals surface area contributed by atoms with Crippen LogP contribution >= 0.6 is 0 Å². The molecule has 0 bridgehead atoms. The van der Waals surface area contributed by atoms with E-state index in [0.29, 0.717) is 52.1 Å². The molecule has 0 aliphatic carbocycles. The highest BCUT2D eigenvalue weighted by Gasteiger charge is 2.43. The Bertz CT molecular complexity index is 2130. The molecule has 0 spiro atoms. The summed E-state index contributed by atoms with van der Waals surface area (Å²) in [4.78, 5) is 36.4. The highest BCUT2D eigenvalue weighted by molar-refractivity contribution is 6.13. The molecule has 3 aromatic heterocycles. The van der Waals surface area contributed by atoms with Crippen molar-refractivity contribution in [2.45, 2.75) is 59.4 Å². The normalized spacial score (nSPS) is 18.3. The minimum Gasteiger partial charge on any atom is -0.382 e. The number of H-pyrrole nitrogens is 1. The number of nitrogens with zero attached hydrogens (tertiary/aromatic N) is 5. The van der Waals surface area contributed by atoms with Gasteiger partial charge in [-0.15, -0.1) is 0 Å². The van der Waals surface area contributed by atoms with Crippen LogP contribution in [-0.4, -0.2) is 45.3 Å². The van der Waals surface area contributed by atoms with E-state index in [9.17, 15) is 9.59 Å². The molecule has 5 heterocycles. The molecule has 2 aromatic carbocycles. The standard InChI is InChI=1S/C34H35F2N7O2/c1-15(2)27-28(18(5)11-12-38-27)43-29-19(30-31(34(43)45)41(6)33(44)22-10-7-16(3)14-42(22)30)13-20(35)24(26(29)36)23-17(4)8-9-21-25(23)32(37)40-39-21/h8-9,11-13,15-16,22H,7,10,14H2,1-6H3,(H3,37,39,40)/t16-,22+/m0/s1. The second-order valence-corrected chi connectivity index (χ2v) is 12.8. The quantitative estimate of drug-likeness (QED) is 0.255. The van der Waals surface area contributed by atoms with Gasteiger partial charge in [0.1, 0.15) is 17.5 Å². The Labute approximate surface area is 258 Å². The molecule has 0 radical (unpaired) electrons. The first-order valence-corrected chi connectivity index (χ1v) is 15.3. The second-order valence-electron chi connectivity index (χ2n) is 12.8. The number of hydrogen-bond donors (Lipinski definition) is 2. The number of anilines is 3. The fourth-order valence-electron chi connectivity index (χ4n) is 7.32. The van der Waals surface area contributed by atoms with Crippen molar-refractivity contribution in [3.05, 3.63) is 69.3 Å². The summed E-state index contributed by atoms with van der Waals surface area (Å²) in [6.07, 6.45) is 3.07. The molecule has 45 heavy (non-hydrogen) atoms. The predicted molar refractivity (Wildman–Crippen MR) is 173 cm³/mol. The summed E-state index contributed by atoms with van der Waals surface area (Å²) in [5.74, 6) is -1.72. The van der Waals surface area contributed by atoms with Crippen molar-refractivity contribution in [1.82, 2.24) is 19.7 Å². The van der Waals surface area contributed by atoms with Crippen LogP contribution in [0.25, 0.3) is 38.6 Å². The number of aromatic amines is 1. The number of fused-ring (bicyclic) bond motifs is 6. The third-order valence-corrected chi connectivity index (χ3v) is 9.50. The van der Waals surface area contributed by atoms with Crippen LogP contribution in [0.2, 0.25) is 0 Å². The van der Waals surface area contributed by atoms with E-state index < -0.39 is 23.2 Å². The summed E-state index contributed by atoms with van der Waals surface area (Å²) in [5.41, 5.74) is 8.81. The number of nitrogens with two attached hydrogens (primary N) is 1. The Kier molecular flexibility index (Phi) is 6.51. The van der Waals surface area contributed by atoms with Gasteiger partial charge >= 0.3 is 0 Å². The van der Waals surface area contributed by atoms with Crippen LogP contribution in [0.1, 0.15) is 56.4 Å². The van der Waals surface area contributed by atoms with Crippen LogP contribution in [0.3, 0.4) is 0 Å². The number of aromatic nitrogens is 4. The first kappa shape index (κ1) is 28.9. The molecular weight excluding hydrogens is 576 g/mol.